The van der Waals surface area contributed by atoms with Gasteiger partial charge in [0.2, 0.25) is 17.5 Å². The van der Waals surface area contributed by atoms with Crippen LogP contribution in [-0.2, 0) is 51.7 Å². The molecule has 130 heavy (non-hydrogen) atoms. The summed E-state index contributed by atoms with van der Waals surface area (Å²) in [5.41, 5.74) is -108. The molecule has 0 saturated heterocycles. The van der Waals surface area contributed by atoms with E-state index in [4.69, 9.17) is 0 Å². The molecule has 3 aromatic heterocycles. The van der Waals surface area contributed by atoms with E-state index in [1.54, 1.807) is 0 Å². The average molecular weight is 1970 g/mol. The lowest BCUT2D eigenvalue weighted by Gasteiger charge is -2.37. The number of hydrogen-bond acceptors (Lipinski definition) is 8. The van der Waals surface area contributed by atoms with Gasteiger partial charge in [0, 0.05) is 87.1 Å². The summed E-state index contributed by atoms with van der Waals surface area (Å²) in [5.74, 6) is -69.2. The highest BCUT2D eigenvalue weighted by atomic mass is 32.1. The number of nitrogens with one attached hydrogen (secondary N) is 2. The number of nitriles is 1. The third-order valence-corrected chi connectivity index (χ3v) is 22.5. The Kier molecular flexibility index (Phi) is 19.5. The Balaban J connectivity index is 1.56. The van der Waals surface area contributed by atoms with Gasteiger partial charge in [0.05, 0.1) is 33.0 Å². The molecule has 12 bridgehead atoms. The Morgan fingerprint density at radius 2 is 0.785 bits per heavy atom. The minimum absolute atomic E-state index is 0.542. The van der Waals surface area contributed by atoms with Gasteiger partial charge in [0.1, 0.15) is 34.6 Å². The van der Waals surface area contributed by atoms with E-state index >= 15 is 220 Å². The van der Waals surface area contributed by atoms with E-state index in [-0.39, 0.29) is 0 Å². The molecule has 0 saturated carbocycles. The van der Waals surface area contributed by atoms with Crippen molar-refractivity contribution in [2.45, 2.75) is 136 Å². The van der Waals surface area contributed by atoms with Gasteiger partial charge < -0.3 is 10.4 Å². The fourth-order valence-electron chi connectivity index (χ4n) is 15.8. The number of thiophene rings is 1. The number of amidine groups is 3. The molecule has 0 fully saturated rings. The van der Waals surface area contributed by atoms with Gasteiger partial charge in [-0.25, -0.2) is 79.4 Å². The topological polar surface area (TPSA) is 138 Å². The van der Waals surface area contributed by atoms with Crippen LogP contribution in [0.25, 0.3) is 59.3 Å². The zero-order chi connectivity index (χ0) is 98.6. The number of nitrogens with zero attached hydrogens (tertiary/aromatic N) is 8. The molecule has 0 amide bonds. The van der Waals surface area contributed by atoms with Crippen molar-refractivity contribution in [3.8, 4) is 6.07 Å². The summed E-state index contributed by atoms with van der Waals surface area (Å²) in [7, 11) is 0. The molecule has 6 aromatic carbocycles. The highest BCUT2D eigenvalue weighted by Crippen LogP contribution is 2.69. The number of rotatable bonds is 8. The quantitative estimate of drug-likeness (QED) is 0.0347. The maximum Gasteiger partial charge on any atom is 0.436 e. The number of hydrogen-bond donors (Lipinski definition) is 3. The number of fused-ring (bicyclic) bond motifs is 7. The number of alkyl halides is 39. The number of carboxylic acids is 1. The Labute approximate surface area is 677 Å². The fourth-order valence-corrected chi connectivity index (χ4v) is 17.0. The first-order valence-corrected chi connectivity index (χ1v) is 34.0. The molecule has 0 radical (unpaired) electrons. The molecule has 6 aliphatic heterocycles. The van der Waals surface area contributed by atoms with Crippen LogP contribution in [0.3, 0.4) is 0 Å². The number of aliphatic carboxylic acids is 1. The van der Waals surface area contributed by atoms with Gasteiger partial charge in [-0.3, -0.25) is 9.13 Å². The van der Waals surface area contributed by atoms with Gasteiger partial charge in [-0.15, -0.1) is 16.0 Å². The number of benzene rings is 6. The van der Waals surface area contributed by atoms with E-state index in [1.165, 1.54) is 0 Å². The van der Waals surface area contributed by atoms with E-state index in [9.17, 15) is 15.2 Å². The number of anilines is 1. The van der Waals surface area contributed by atoms with E-state index in [0.29, 0.717) is 16.9 Å². The predicted octanol–water partition coefficient (Wildman–Crippen LogP) is 22.6. The molecule has 63 heteroatoms. The van der Waals surface area contributed by atoms with Crippen molar-refractivity contribution in [3.63, 3.8) is 0 Å². The van der Waals surface area contributed by atoms with Gasteiger partial charge in [0.25, 0.3) is 17.1 Å². The number of hydrazine groups is 2. The third kappa shape index (κ3) is 11.5. The van der Waals surface area contributed by atoms with E-state index in [0.717, 1.165) is 0 Å². The summed E-state index contributed by atoms with van der Waals surface area (Å²) in [6, 6.07) is 0.542. The van der Waals surface area contributed by atoms with Crippen LogP contribution < -0.4 is 21.8 Å². The van der Waals surface area contributed by atoms with Crippen molar-refractivity contribution in [1.29, 1.82) is 5.26 Å². The first-order valence-electron chi connectivity index (χ1n) is 33.2. The molecule has 3 N–H and O–H groups in total. The zero-order valence-electron chi connectivity index (χ0n) is 60.1. The number of halogens is 50. The number of aromatic nitrogens is 2. The highest BCUT2D eigenvalue weighted by molar-refractivity contribution is 7.20. The molecule has 15 rings (SSSR count). The van der Waals surface area contributed by atoms with Crippen LogP contribution in [0.1, 0.15) is 91.7 Å². The molecule has 0 spiro atoms. The molecule has 0 aliphatic carbocycles. The molecule has 3 unspecified atom stereocenters. The second kappa shape index (κ2) is 26.8. The van der Waals surface area contributed by atoms with Crippen molar-refractivity contribution >= 4 is 106 Å². The van der Waals surface area contributed by atoms with Crippen LogP contribution in [0.15, 0.2) is 20.6 Å². The van der Waals surface area contributed by atoms with Crippen LogP contribution in [0.4, 0.5) is 231 Å². The maximum absolute atomic E-state index is 18.7. The maximum atomic E-state index is 18.7. The number of hydrazone groups is 2. The molecular weight excluding hydrogens is 1960 g/mol. The first kappa shape index (κ1) is 94.4. The van der Waals surface area contributed by atoms with E-state index in [2.05, 4.69) is 15.0 Å². The molecule has 12 nitrogen and oxygen atoms in total. The Bertz CT molecular complexity index is 6970. The van der Waals surface area contributed by atoms with Crippen LogP contribution >= 0.6 is 11.3 Å². The lowest BCUT2D eigenvalue weighted by atomic mass is 9.76. The number of aliphatic imine (C=N–C) groups is 1. The Morgan fingerprint density at radius 3 is 1.19 bits per heavy atom. The van der Waals surface area contributed by atoms with Crippen LogP contribution in [0.2, 0.25) is 0 Å². The predicted molar refractivity (Wildman–Crippen MR) is 328 cm³/mol. The van der Waals surface area contributed by atoms with Crippen LogP contribution in [-0.4, -0.2) is 109 Å². The molecule has 9 heterocycles. The van der Waals surface area contributed by atoms with Gasteiger partial charge in [-0.05, 0) is 41.5 Å². The fraction of sp³-hybridized carbons (Fsp3) is 0.328. The third-order valence-electron chi connectivity index (χ3n) is 21.4. The van der Waals surface area contributed by atoms with Crippen molar-refractivity contribution in [2.75, 3.05) is 5.32 Å². The minimum atomic E-state index is -8.89. The second-order valence-electron chi connectivity index (χ2n) is 28.5. The van der Waals surface area contributed by atoms with E-state index < -0.39 is 412 Å². The van der Waals surface area contributed by atoms with Gasteiger partial charge in [-0.1, -0.05) is 5.53 Å². The lowest BCUT2D eigenvalue weighted by molar-refractivity contribution is -0.786. The SMILES string of the molecule is Cc1c(F)c(F)c2c(C(C)(F)C(F)(F)F)c3c4n5c(c3c(C(F)(C(F)(F)F)C(F)(F)F)c2c1F)N=C1c2c(c(C(C)(F)C(F)(F)F)c3c(F)c(F)c(F)c(F)c3c2C(F)(C(F)(F)F)C(F)(F)F)C2=[N+]1N[N+]1=C(N=c3c6c(C(F)(F)F)c(C=C(C#N)C(=O)O)sc6c(n3C5)=N2)c2c(c(C(F)(C(F)(F)F)C(F)(F)F)c3c(F)c(F)c(F)c(F)c3c2C(F)(C(F)(F)F)C(F)(F)F)C1N4. The second-order valence-corrected chi connectivity index (χ2v) is 29.5. The van der Waals surface area contributed by atoms with E-state index in [1.807, 2.05) is 0 Å². The Hall–Kier alpha value is -11.7. The summed E-state index contributed by atoms with van der Waals surface area (Å²) < 4.78 is 831. The van der Waals surface area contributed by atoms with Crippen molar-refractivity contribution < 1.29 is 239 Å². The smallest absolute Gasteiger partial charge is 0.436 e. The number of carboxylic acid groups (broad SMARTS) is 1. The molecule has 3 atom stereocenters. The zero-order valence-corrected chi connectivity index (χ0v) is 60.9. The first-order chi connectivity index (χ1) is 58.4. The summed E-state index contributed by atoms with van der Waals surface area (Å²) in [6.07, 6.45) is -99.6. The summed E-state index contributed by atoms with van der Waals surface area (Å²) in [6.45, 7) is -7.07. The molecule has 700 valence electrons. The highest BCUT2D eigenvalue weighted by Gasteiger charge is 2.82. The molecule has 9 aromatic rings. The van der Waals surface area contributed by atoms with Crippen LogP contribution in [0.5, 0.6) is 0 Å². The Morgan fingerprint density at radius 1 is 0.415 bits per heavy atom. The summed E-state index contributed by atoms with van der Waals surface area (Å²) in [4.78, 5) is 19.3. The largest absolute Gasteiger partial charge is 0.477 e. The molecular formula is C67H16F50N10O2S+2. The van der Waals surface area contributed by atoms with Crippen molar-refractivity contribution in [1.82, 2.24) is 14.7 Å². The normalized spacial score (nSPS) is 17.5. The monoisotopic (exact) mass is 1970 g/mol. The van der Waals surface area contributed by atoms with Crippen molar-refractivity contribution in [2.24, 2.45) is 15.0 Å². The van der Waals surface area contributed by atoms with Crippen LogP contribution in [0, 0.1) is 82.2 Å². The van der Waals surface area contributed by atoms with Gasteiger partial charge in [0.15, 0.2) is 63.7 Å². The van der Waals surface area contributed by atoms with Gasteiger partial charge in [-0.2, -0.15) is 155 Å². The lowest BCUT2D eigenvalue weighted by Crippen LogP contribution is -2.53. The summed E-state index contributed by atoms with van der Waals surface area (Å²) >= 11 is -1.40. The van der Waals surface area contributed by atoms with Gasteiger partial charge >= 0.3 is 108 Å². The average Bonchev–Trinajstić information content (AvgIpc) is 1.59. The van der Waals surface area contributed by atoms with Crippen molar-refractivity contribution in [3.05, 3.63) is 152 Å². The molecule has 6 aliphatic rings. The standard InChI is InChI=1S/C67H14F50N10O2S/c1-7-30(68)12-10(32(70)31(7)69)24(51(2,79)58(88,89)90)16-18(26(12)53(81,60(94,95)96)61(97,98)99)43-120-46-19-17(25(52(3,80)59(91,92)93)11-13(34(72)38(76)37(75)33(11)71)27(19)54(82,62(100,101)102)63(103,104)105)45-122-49-41-22(23(57(85,86)87)9(130-41)4-8(5-118)50(128)129)44-121-48-21-20(47(127(48)123-126(45)46)119-42(16)124(43)6-125(44)49)28(55(83,64(106,107)108)65(109,110)111)14-15(36(74)40(78)39(77)35(14)73)29(21)56(84,66(112,113)114)67(115,116)117/h4,47H,6H2,1-3H3,(H-,119,122,123,128,129)/p+2. The number of carbonyl (C=O) groups is 1. The minimum Gasteiger partial charge on any atom is -0.477 e. The summed E-state index contributed by atoms with van der Waals surface area (Å²) in [5, 5.41) is -16.7.